The second-order valence-electron chi connectivity index (χ2n) is 2.89. The van der Waals surface area contributed by atoms with E-state index < -0.39 is 0 Å². The first-order valence-corrected chi connectivity index (χ1v) is 4.38. The largest absolute Gasteiger partial charge is 0.479 e. The van der Waals surface area contributed by atoms with Gasteiger partial charge in [0, 0.05) is 24.2 Å². The average molecular weight is 202 g/mol. The SMILES string of the molecule is COc1nccnc1-c1ccc(N)nc1. The van der Waals surface area contributed by atoms with Crippen LogP contribution in [0.15, 0.2) is 30.7 Å². The molecule has 15 heavy (non-hydrogen) atoms. The first kappa shape index (κ1) is 9.39. The number of pyridine rings is 1. The van der Waals surface area contributed by atoms with Gasteiger partial charge in [-0.25, -0.2) is 15.0 Å². The second kappa shape index (κ2) is 3.91. The van der Waals surface area contributed by atoms with Crippen LogP contribution in [0.3, 0.4) is 0 Å². The second-order valence-corrected chi connectivity index (χ2v) is 2.89. The Morgan fingerprint density at radius 1 is 1.13 bits per heavy atom. The lowest BCUT2D eigenvalue weighted by molar-refractivity contribution is 0.398. The fourth-order valence-corrected chi connectivity index (χ4v) is 1.22. The van der Waals surface area contributed by atoms with Crippen molar-refractivity contribution >= 4 is 5.82 Å². The molecule has 0 atom stereocenters. The molecule has 0 aliphatic rings. The Labute approximate surface area is 87.0 Å². The Morgan fingerprint density at radius 2 is 1.93 bits per heavy atom. The Hall–Kier alpha value is -2.17. The molecule has 2 heterocycles. The summed E-state index contributed by atoms with van der Waals surface area (Å²) in [7, 11) is 1.55. The third-order valence-electron chi connectivity index (χ3n) is 1.92. The third kappa shape index (κ3) is 1.85. The van der Waals surface area contributed by atoms with Crippen molar-refractivity contribution in [2.45, 2.75) is 0 Å². The standard InChI is InChI=1S/C10H10N4O/c1-15-10-9(12-4-5-13-10)7-2-3-8(11)14-6-7/h2-6H,1H3,(H2,11,14). The van der Waals surface area contributed by atoms with Crippen LogP contribution >= 0.6 is 0 Å². The third-order valence-corrected chi connectivity index (χ3v) is 1.92. The van der Waals surface area contributed by atoms with Crippen molar-refractivity contribution in [2.75, 3.05) is 12.8 Å². The maximum absolute atomic E-state index is 5.50. The fourth-order valence-electron chi connectivity index (χ4n) is 1.22. The number of hydrogen-bond donors (Lipinski definition) is 1. The molecule has 0 unspecified atom stereocenters. The molecule has 5 heteroatoms. The molecule has 0 aliphatic carbocycles. The first-order valence-electron chi connectivity index (χ1n) is 4.38. The van der Waals surface area contributed by atoms with Gasteiger partial charge in [0.1, 0.15) is 11.5 Å². The zero-order valence-electron chi connectivity index (χ0n) is 8.21. The van der Waals surface area contributed by atoms with E-state index in [-0.39, 0.29) is 0 Å². The molecule has 0 aromatic carbocycles. The Balaban J connectivity index is 2.49. The van der Waals surface area contributed by atoms with E-state index in [0.717, 1.165) is 5.56 Å². The van der Waals surface area contributed by atoms with Gasteiger partial charge >= 0.3 is 0 Å². The zero-order valence-corrected chi connectivity index (χ0v) is 8.21. The minimum absolute atomic E-state index is 0.474. The summed E-state index contributed by atoms with van der Waals surface area (Å²) in [5.41, 5.74) is 6.98. The molecule has 0 radical (unpaired) electrons. The maximum atomic E-state index is 5.50. The van der Waals surface area contributed by atoms with E-state index in [4.69, 9.17) is 10.5 Å². The minimum atomic E-state index is 0.474. The molecule has 0 spiro atoms. The molecule has 0 amide bonds. The van der Waals surface area contributed by atoms with E-state index >= 15 is 0 Å². The van der Waals surface area contributed by atoms with Crippen molar-refractivity contribution < 1.29 is 4.74 Å². The molecule has 2 aromatic rings. The van der Waals surface area contributed by atoms with Crippen LogP contribution in [-0.2, 0) is 0 Å². The average Bonchev–Trinajstić information content (AvgIpc) is 2.30. The van der Waals surface area contributed by atoms with Crippen LogP contribution in [0.1, 0.15) is 0 Å². The molecular formula is C10H10N4O. The molecule has 0 aliphatic heterocycles. The van der Waals surface area contributed by atoms with Crippen molar-refractivity contribution in [1.82, 2.24) is 15.0 Å². The smallest absolute Gasteiger partial charge is 0.240 e. The van der Waals surface area contributed by atoms with E-state index in [1.807, 2.05) is 6.07 Å². The van der Waals surface area contributed by atoms with Gasteiger partial charge in [0.15, 0.2) is 0 Å². The summed E-state index contributed by atoms with van der Waals surface area (Å²) in [4.78, 5) is 12.2. The van der Waals surface area contributed by atoms with E-state index in [1.165, 1.54) is 0 Å². The van der Waals surface area contributed by atoms with Crippen LogP contribution in [0.2, 0.25) is 0 Å². The summed E-state index contributed by atoms with van der Waals surface area (Å²) in [6.07, 6.45) is 4.82. The predicted molar refractivity (Wildman–Crippen MR) is 56.2 cm³/mol. The van der Waals surface area contributed by atoms with Crippen molar-refractivity contribution in [3.05, 3.63) is 30.7 Å². The Kier molecular flexibility index (Phi) is 2.45. The number of nitrogen functional groups attached to an aromatic ring is 1. The molecule has 76 valence electrons. The summed E-state index contributed by atoms with van der Waals surface area (Å²) in [6, 6.07) is 3.54. The number of rotatable bonds is 2. The van der Waals surface area contributed by atoms with Crippen molar-refractivity contribution in [3.63, 3.8) is 0 Å². The molecule has 0 fully saturated rings. The number of nitrogens with zero attached hydrogens (tertiary/aromatic N) is 3. The lowest BCUT2D eigenvalue weighted by atomic mass is 10.2. The number of aromatic nitrogens is 3. The van der Waals surface area contributed by atoms with Gasteiger partial charge in [-0.1, -0.05) is 0 Å². The summed E-state index contributed by atoms with van der Waals surface area (Å²) >= 11 is 0. The molecular weight excluding hydrogens is 192 g/mol. The van der Waals surface area contributed by atoms with E-state index in [0.29, 0.717) is 17.4 Å². The Morgan fingerprint density at radius 3 is 2.60 bits per heavy atom. The van der Waals surface area contributed by atoms with Gasteiger partial charge in [-0.05, 0) is 12.1 Å². The number of anilines is 1. The van der Waals surface area contributed by atoms with Crippen molar-refractivity contribution in [3.8, 4) is 17.1 Å². The molecule has 2 N–H and O–H groups in total. The van der Waals surface area contributed by atoms with E-state index in [9.17, 15) is 0 Å². The monoisotopic (exact) mass is 202 g/mol. The molecule has 2 aromatic heterocycles. The topological polar surface area (TPSA) is 73.9 Å². The fraction of sp³-hybridized carbons (Fsp3) is 0.100. The highest BCUT2D eigenvalue weighted by Gasteiger charge is 2.07. The highest BCUT2D eigenvalue weighted by molar-refractivity contribution is 5.63. The quantitative estimate of drug-likeness (QED) is 0.790. The highest BCUT2D eigenvalue weighted by atomic mass is 16.5. The number of ether oxygens (including phenoxy) is 1. The normalized spacial score (nSPS) is 9.93. The van der Waals surface area contributed by atoms with Crippen LogP contribution in [0.4, 0.5) is 5.82 Å². The van der Waals surface area contributed by atoms with Crippen LogP contribution in [-0.4, -0.2) is 22.1 Å². The van der Waals surface area contributed by atoms with Crippen LogP contribution in [0, 0.1) is 0 Å². The zero-order chi connectivity index (χ0) is 10.7. The van der Waals surface area contributed by atoms with Gasteiger partial charge in [-0.3, -0.25) is 0 Å². The lowest BCUT2D eigenvalue weighted by Gasteiger charge is -2.05. The highest BCUT2D eigenvalue weighted by Crippen LogP contribution is 2.24. The molecule has 0 saturated heterocycles. The minimum Gasteiger partial charge on any atom is -0.479 e. The molecule has 5 nitrogen and oxygen atoms in total. The van der Waals surface area contributed by atoms with Crippen molar-refractivity contribution in [2.24, 2.45) is 0 Å². The van der Waals surface area contributed by atoms with E-state index in [2.05, 4.69) is 15.0 Å². The number of methoxy groups -OCH3 is 1. The summed E-state index contributed by atoms with van der Waals surface area (Å²) in [5, 5.41) is 0. The van der Waals surface area contributed by atoms with Crippen LogP contribution < -0.4 is 10.5 Å². The van der Waals surface area contributed by atoms with E-state index in [1.54, 1.807) is 31.8 Å². The molecule has 2 rings (SSSR count). The van der Waals surface area contributed by atoms with Crippen molar-refractivity contribution in [1.29, 1.82) is 0 Å². The summed E-state index contributed by atoms with van der Waals surface area (Å²) < 4.78 is 5.10. The Bertz CT molecular complexity index is 455. The molecule has 0 bridgehead atoms. The van der Waals surface area contributed by atoms with Crippen LogP contribution in [0.25, 0.3) is 11.3 Å². The summed E-state index contributed by atoms with van der Waals surface area (Å²) in [5.74, 6) is 0.950. The van der Waals surface area contributed by atoms with Crippen LogP contribution in [0.5, 0.6) is 5.88 Å². The van der Waals surface area contributed by atoms with Gasteiger partial charge in [0.05, 0.1) is 7.11 Å². The van der Waals surface area contributed by atoms with Gasteiger partial charge in [0.2, 0.25) is 5.88 Å². The number of nitrogens with two attached hydrogens (primary N) is 1. The predicted octanol–water partition coefficient (Wildman–Crippen LogP) is 1.13. The van der Waals surface area contributed by atoms with Gasteiger partial charge in [-0.2, -0.15) is 0 Å². The number of hydrogen-bond acceptors (Lipinski definition) is 5. The van der Waals surface area contributed by atoms with Gasteiger partial charge < -0.3 is 10.5 Å². The lowest BCUT2D eigenvalue weighted by Crippen LogP contribution is -1.95. The van der Waals surface area contributed by atoms with Gasteiger partial charge in [0.25, 0.3) is 0 Å². The summed E-state index contributed by atoms with van der Waals surface area (Å²) in [6.45, 7) is 0. The first-order chi connectivity index (χ1) is 7.31. The maximum Gasteiger partial charge on any atom is 0.240 e. The molecule has 0 saturated carbocycles. The van der Waals surface area contributed by atoms with Gasteiger partial charge in [-0.15, -0.1) is 0 Å².